The molecule has 2 aromatic carbocycles. The van der Waals surface area contributed by atoms with Crippen LogP contribution in [0.1, 0.15) is 90.3 Å². The van der Waals surface area contributed by atoms with Crippen LogP contribution in [0.4, 0.5) is 0 Å². The van der Waals surface area contributed by atoms with E-state index in [0.29, 0.717) is 37.0 Å². The summed E-state index contributed by atoms with van der Waals surface area (Å²) < 4.78 is 18.2. The molecular formula is C32H46O4. The predicted molar refractivity (Wildman–Crippen MR) is 148 cm³/mol. The Hall–Kier alpha value is -2.30. The maximum absolute atomic E-state index is 10.2. The van der Waals surface area contributed by atoms with Crippen molar-refractivity contribution in [2.75, 3.05) is 6.61 Å². The Bertz CT molecular complexity index is 972. The molecule has 0 aliphatic heterocycles. The van der Waals surface area contributed by atoms with Gasteiger partial charge in [0.1, 0.15) is 11.5 Å². The minimum Gasteiger partial charge on any atom is -0.465 e. The van der Waals surface area contributed by atoms with Gasteiger partial charge in [0, 0.05) is 17.9 Å². The van der Waals surface area contributed by atoms with Crippen LogP contribution in [0.2, 0.25) is 0 Å². The Morgan fingerprint density at radius 1 is 0.917 bits per heavy atom. The Morgan fingerprint density at radius 3 is 2.28 bits per heavy atom. The molecule has 0 fully saturated rings. The number of rotatable bonds is 12. The summed E-state index contributed by atoms with van der Waals surface area (Å²) in [5, 5.41) is 10.2. The van der Waals surface area contributed by atoms with E-state index in [9.17, 15) is 5.11 Å². The number of aliphatic hydroxyl groups is 1. The summed E-state index contributed by atoms with van der Waals surface area (Å²) >= 11 is 0. The Kier molecular flexibility index (Phi) is 10.0. The summed E-state index contributed by atoms with van der Waals surface area (Å²) in [6, 6.07) is 13.8. The average Bonchev–Trinajstić information content (AvgIpc) is 2.81. The highest BCUT2D eigenvalue weighted by Gasteiger charge is 2.32. The molecule has 0 amide bonds. The van der Waals surface area contributed by atoms with Crippen molar-refractivity contribution in [2.24, 2.45) is 17.3 Å². The fraction of sp³-hybridized carbons (Fsp3) is 0.562. The van der Waals surface area contributed by atoms with Crippen LogP contribution in [0.15, 0.2) is 48.5 Å². The van der Waals surface area contributed by atoms with Gasteiger partial charge in [-0.2, -0.15) is 0 Å². The summed E-state index contributed by atoms with van der Waals surface area (Å²) in [4.78, 5) is 0. The maximum Gasteiger partial charge on any atom is 0.202 e. The van der Waals surface area contributed by atoms with Crippen molar-refractivity contribution >= 4 is 6.08 Å². The molecule has 198 valence electrons. The lowest BCUT2D eigenvalue weighted by molar-refractivity contribution is -0.113. The summed E-state index contributed by atoms with van der Waals surface area (Å²) in [7, 11) is 0. The summed E-state index contributed by atoms with van der Waals surface area (Å²) in [6.07, 6.45) is 6.56. The number of fused-ring (bicyclic) bond motifs is 1. The standard InChI is InChI=1S/C32H46O4/c1-22(2)30(32(5,6)7)27-19-20-28(26-17-12-11-16-25(26)27)36-31(23(3)4)34-21-13-18-29(33)35-24-14-9-8-10-15-24/h8-10,12,14-15,17,19-20,22-23,29-31,33H,11,13,16,18,21H2,1-7H3. The molecule has 4 heteroatoms. The van der Waals surface area contributed by atoms with Gasteiger partial charge in [0.05, 0.1) is 6.61 Å². The van der Waals surface area contributed by atoms with Crippen LogP contribution in [0, 0.1) is 17.3 Å². The lowest BCUT2D eigenvalue weighted by Gasteiger charge is -2.37. The summed E-state index contributed by atoms with van der Waals surface area (Å²) in [5.74, 6) is 2.79. The first-order valence-electron chi connectivity index (χ1n) is 13.6. The molecular weight excluding hydrogens is 448 g/mol. The Morgan fingerprint density at radius 2 is 1.64 bits per heavy atom. The monoisotopic (exact) mass is 494 g/mol. The summed E-state index contributed by atoms with van der Waals surface area (Å²) in [6.45, 7) is 16.4. The van der Waals surface area contributed by atoms with Crippen molar-refractivity contribution in [1.29, 1.82) is 0 Å². The van der Waals surface area contributed by atoms with Crippen molar-refractivity contribution in [1.82, 2.24) is 0 Å². The van der Waals surface area contributed by atoms with Crippen LogP contribution in [0.25, 0.3) is 6.08 Å². The Labute approximate surface area is 218 Å². The molecule has 0 radical (unpaired) electrons. The highest BCUT2D eigenvalue weighted by molar-refractivity contribution is 5.65. The average molecular weight is 495 g/mol. The van der Waals surface area contributed by atoms with Gasteiger partial charge < -0.3 is 19.3 Å². The zero-order valence-electron chi connectivity index (χ0n) is 23.3. The van der Waals surface area contributed by atoms with E-state index in [1.807, 2.05) is 30.3 Å². The third kappa shape index (κ3) is 7.60. The quantitative estimate of drug-likeness (QED) is 0.240. The lowest BCUT2D eigenvalue weighted by Crippen LogP contribution is -2.29. The third-order valence-corrected chi connectivity index (χ3v) is 6.81. The van der Waals surface area contributed by atoms with Crippen molar-refractivity contribution in [3.63, 3.8) is 0 Å². The zero-order valence-corrected chi connectivity index (χ0v) is 23.3. The number of allylic oxidation sites excluding steroid dienone is 1. The molecule has 0 saturated carbocycles. The van der Waals surface area contributed by atoms with Gasteiger partial charge in [0.15, 0.2) is 6.29 Å². The minimum absolute atomic E-state index is 0.184. The third-order valence-electron chi connectivity index (χ3n) is 6.81. The molecule has 1 N–H and O–H groups in total. The van der Waals surface area contributed by atoms with E-state index in [1.54, 1.807) is 0 Å². The first-order chi connectivity index (χ1) is 17.1. The second-order valence-electron chi connectivity index (χ2n) is 11.7. The minimum atomic E-state index is -0.851. The molecule has 0 heterocycles. The summed E-state index contributed by atoms with van der Waals surface area (Å²) in [5.41, 5.74) is 4.27. The molecule has 3 rings (SSSR count). The molecule has 1 aliphatic rings. The van der Waals surface area contributed by atoms with Crippen LogP contribution in [0.3, 0.4) is 0 Å². The highest BCUT2D eigenvalue weighted by atomic mass is 16.7. The number of ether oxygens (including phenoxy) is 3. The van der Waals surface area contributed by atoms with Crippen LogP contribution >= 0.6 is 0 Å². The molecule has 36 heavy (non-hydrogen) atoms. The second-order valence-corrected chi connectivity index (χ2v) is 11.7. The van der Waals surface area contributed by atoms with E-state index in [2.05, 4.69) is 72.8 Å². The maximum atomic E-state index is 10.2. The molecule has 0 saturated heterocycles. The van der Waals surface area contributed by atoms with Crippen LogP contribution < -0.4 is 9.47 Å². The van der Waals surface area contributed by atoms with Crippen molar-refractivity contribution in [2.45, 2.75) is 92.6 Å². The van der Waals surface area contributed by atoms with Crippen LogP contribution in [-0.4, -0.2) is 24.3 Å². The van der Waals surface area contributed by atoms with Crippen molar-refractivity contribution in [3.8, 4) is 11.5 Å². The van der Waals surface area contributed by atoms with Gasteiger partial charge in [0.2, 0.25) is 6.29 Å². The molecule has 2 aromatic rings. The van der Waals surface area contributed by atoms with Gasteiger partial charge in [-0.25, -0.2) is 0 Å². The van der Waals surface area contributed by atoms with Gasteiger partial charge in [-0.05, 0) is 65.8 Å². The van der Waals surface area contributed by atoms with E-state index in [1.165, 1.54) is 16.7 Å². The van der Waals surface area contributed by atoms with Gasteiger partial charge in [-0.3, -0.25) is 0 Å². The van der Waals surface area contributed by atoms with Crippen molar-refractivity contribution < 1.29 is 19.3 Å². The van der Waals surface area contributed by atoms with E-state index in [-0.39, 0.29) is 17.6 Å². The van der Waals surface area contributed by atoms with Gasteiger partial charge in [0.25, 0.3) is 0 Å². The lowest BCUT2D eigenvalue weighted by atomic mass is 9.68. The normalized spacial score (nSPS) is 16.1. The number of benzene rings is 2. The number of hydrogen-bond donors (Lipinski definition) is 1. The van der Waals surface area contributed by atoms with Gasteiger partial charge >= 0.3 is 0 Å². The van der Waals surface area contributed by atoms with Crippen molar-refractivity contribution in [3.05, 3.63) is 65.2 Å². The first kappa shape index (κ1) is 28.3. The van der Waals surface area contributed by atoms with E-state index in [4.69, 9.17) is 14.2 Å². The van der Waals surface area contributed by atoms with Crippen LogP contribution in [-0.2, 0) is 11.2 Å². The molecule has 4 nitrogen and oxygen atoms in total. The largest absolute Gasteiger partial charge is 0.465 e. The predicted octanol–water partition coefficient (Wildman–Crippen LogP) is 7.99. The van der Waals surface area contributed by atoms with E-state index >= 15 is 0 Å². The Balaban J connectivity index is 1.67. The second kappa shape index (κ2) is 12.8. The smallest absolute Gasteiger partial charge is 0.202 e. The first-order valence-corrected chi connectivity index (χ1v) is 13.6. The molecule has 1 aliphatic carbocycles. The highest BCUT2D eigenvalue weighted by Crippen LogP contribution is 2.45. The van der Waals surface area contributed by atoms with E-state index < -0.39 is 6.29 Å². The van der Waals surface area contributed by atoms with Crippen LogP contribution in [0.5, 0.6) is 11.5 Å². The number of aliphatic hydroxyl groups excluding tert-OH is 1. The molecule has 0 spiro atoms. The fourth-order valence-corrected chi connectivity index (χ4v) is 5.43. The molecule has 0 aromatic heterocycles. The number of para-hydroxylation sites is 1. The number of hydrogen-bond acceptors (Lipinski definition) is 4. The fourth-order valence-electron chi connectivity index (χ4n) is 5.43. The zero-order chi connectivity index (χ0) is 26.3. The van der Waals surface area contributed by atoms with Gasteiger partial charge in [-0.1, -0.05) is 84.9 Å². The molecule has 3 atom stereocenters. The van der Waals surface area contributed by atoms with Gasteiger partial charge in [-0.15, -0.1) is 0 Å². The van der Waals surface area contributed by atoms with E-state index in [0.717, 1.165) is 18.6 Å². The molecule has 3 unspecified atom stereocenters. The topological polar surface area (TPSA) is 47.9 Å². The SMILES string of the molecule is CC(C)C(OCCCC(O)Oc1ccccc1)Oc1ccc(C(C(C)C)C(C)(C)C)c2c1C=CCC2. The molecule has 0 bridgehead atoms.